The summed E-state index contributed by atoms with van der Waals surface area (Å²) >= 11 is 9.33. The molecule has 88 valence electrons. The van der Waals surface area contributed by atoms with Gasteiger partial charge in [-0.25, -0.2) is 4.39 Å². The van der Waals surface area contributed by atoms with Crippen LogP contribution >= 0.6 is 27.5 Å². The highest BCUT2D eigenvalue weighted by atomic mass is 79.9. The Morgan fingerprint density at radius 2 is 2.31 bits per heavy atom. The lowest BCUT2D eigenvalue weighted by atomic mass is 9.82. The van der Waals surface area contributed by atoms with Crippen molar-refractivity contribution in [1.82, 2.24) is 0 Å². The molecule has 16 heavy (non-hydrogen) atoms. The van der Waals surface area contributed by atoms with Crippen LogP contribution in [0.5, 0.6) is 0 Å². The monoisotopic (exact) mass is 304 g/mol. The van der Waals surface area contributed by atoms with Gasteiger partial charge in [0.05, 0.1) is 5.02 Å². The Balaban J connectivity index is 2.12. The molecule has 2 rings (SSSR count). The van der Waals surface area contributed by atoms with Crippen LogP contribution in [-0.2, 0) is 6.42 Å². The predicted molar refractivity (Wildman–Crippen MR) is 69.8 cm³/mol. The third-order valence-corrected chi connectivity index (χ3v) is 4.48. The van der Waals surface area contributed by atoms with Gasteiger partial charge in [0.2, 0.25) is 0 Å². The summed E-state index contributed by atoms with van der Waals surface area (Å²) in [7, 11) is 0. The first-order chi connectivity index (χ1) is 7.48. The van der Waals surface area contributed by atoms with Crippen LogP contribution in [0.2, 0.25) is 5.02 Å². The maximum atomic E-state index is 13.3. The average molecular weight is 306 g/mol. The van der Waals surface area contributed by atoms with Crippen LogP contribution in [0, 0.1) is 11.2 Å². The summed E-state index contributed by atoms with van der Waals surface area (Å²) in [5.74, 6) is -0.309. The van der Waals surface area contributed by atoms with E-state index in [1.807, 2.05) is 6.07 Å². The van der Waals surface area contributed by atoms with Gasteiger partial charge in [0.25, 0.3) is 0 Å². The number of hydrogen-bond acceptors (Lipinski definition) is 0. The molecule has 0 aliphatic heterocycles. The molecular formula is C13H15BrClF. The van der Waals surface area contributed by atoms with E-state index in [1.54, 1.807) is 12.1 Å². The fraction of sp³-hybridized carbons (Fsp3) is 0.538. The molecule has 0 nitrogen and oxygen atoms in total. The largest absolute Gasteiger partial charge is 0.205 e. The number of alkyl halides is 1. The normalized spacial score (nSPS) is 29.6. The highest BCUT2D eigenvalue weighted by molar-refractivity contribution is 9.09. The summed E-state index contributed by atoms with van der Waals surface area (Å²) in [6.45, 7) is 2.28. The minimum Gasteiger partial charge on any atom is -0.205 e. The minimum atomic E-state index is -0.309. The SMILES string of the molecule is CC1(Cc2ccc(Cl)c(F)c2)CCC(Br)C1. The second kappa shape index (κ2) is 4.66. The van der Waals surface area contributed by atoms with E-state index in [-0.39, 0.29) is 10.8 Å². The van der Waals surface area contributed by atoms with Crippen molar-refractivity contribution in [3.8, 4) is 0 Å². The molecule has 0 saturated heterocycles. The molecule has 2 atom stereocenters. The molecule has 1 aromatic rings. The van der Waals surface area contributed by atoms with E-state index in [9.17, 15) is 4.39 Å². The fourth-order valence-corrected chi connectivity index (χ4v) is 3.67. The second-order valence-corrected chi connectivity index (χ2v) is 6.78. The van der Waals surface area contributed by atoms with Gasteiger partial charge >= 0.3 is 0 Å². The molecule has 2 unspecified atom stereocenters. The van der Waals surface area contributed by atoms with Gasteiger partial charge in [-0.2, -0.15) is 0 Å². The minimum absolute atomic E-state index is 0.207. The summed E-state index contributed by atoms with van der Waals surface area (Å²) in [5, 5.41) is 0.207. The lowest BCUT2D eigenvalue weighted by Crippen LogP contribution is -2.15. The van der Waals surface area contributed by atoms with Crippen molar-refractivity contribution in [1.29, 1.82) is 0 Å². The van der Waals surface area contributed by atoms with E-state index in [4.69, 9.17) is 11.6 Å². The Bertz CT molecular complexity index is 394. The van der Waals surface area contributed by atoms with Gasteiger partial charge in [-0.1, -0.05) is 40.5 Å². The molecule has 0 heterocycles. The van der Waals surface area contributed by atoms with E-state index in [1.165, 1.54) is 12.8 Å². The molecule has 0 bridgehead atoms. The van der Waals surface area contributed by atoms with Crippen molar-refractivity contribution in [2.24, 2.45) is 5.41 Å². The zero-order chi connectivity index (χ0) is 11.8. The zero-order valence-corrected chi connectivity index (χ0v) is 11.6. The predicted octanol–water partition coefficient (Wildman–Crippen LogP) is 4.98. The first-order valence-electron chi connectivity index (χ1n) is 5.56. The van der Waals surface area contributed by atoms with Gasteiger partial charge in [-0.15, -0.1) is 0 Å². The average Bonchev–Trinajstić information content (AvgIpc) is 2.52. The maximum absolute atomic E-state index is 13.3. The van der Waals surface area contributed by atoms with Crippen LogP contribution in [0.25, 0.3) is 0 Å². The summed E-state index contributed by atoms with van der Waals surface area (Å²) in [6, 6.07) is 5.14. The van der Waals surface area contributed by atoms with Crippen LogP contribution in [-0.4, -0.2) is 4.83 Å². The fourth-order valence-electron chi connectivity index (χ4n) is 2.55. The second-order valence-electron chi connectivity index (χ2n) is 5.08. The van der Waals surface area contributed by atoms with Gasteiger partial charge in [-0.05, 0) is 48.8 Å². The van der Waals surface area contributed by atoms with Crippen molar-refractivity contribution in [3.05, 3.63) is 34.6 Å². The molecular weight excluding hydrogens is 290 g/mol. The Kier molecular flexibility index (Phi) is 3.60. The van der Waals surface area contributed by atoms with Crippen molar-refractivity contribution < 1.29 is 4.39 Å². The van der Waals surface area contributed by atoms with E-state index < -0.39 is 0 Å². The van der Waals surface area contributed by atoms with E-state index in [0.717, 1.165) is 18.4 Å². The Labute approximate surface area is 109 Å². The number of rotatable bonds is 2. The Morgan fingerprint density at radius 3 is 2.88 bits per heavy atom. The smallest absolute Gasteiger partial charge is 0.142 e. The first-order valence-corrected chi connectivity index (χ1v) is 6.86. The zero-order valence-electron chi connectivity index (χ0n) is 9.27. The van der Waals surface area contributed by atoms with Gasteiger partial charge in [0.15, 0.2) is 0 Å². The molecule has 0 amide bonds. The van der Waals surface area contributed by atoms with Crippen LogP contribution in [0.3, 0.4) is 0 Å². The van der Waals surface area contributed by atoms with Crippen molar-refractivity contribution in [3.63, 3.8) is 0 Å². The summed E-state index contributed by atoms with van der Waals surface area (Å²) < 4.78 is 13.3. The van der Waals surface area contributed by atoms with E-state index in [2.05, 4.69) is 22.9 Å². The van der Waals surface area contributed by atoms with E-state index >= 15 is 0 Å². The van der Waals surface area contributed by atoms with Crippen LogP contribution in [0.4, 0.5) is 4.39 Å². The lowest BCUT2D eigenvalue weighted by Gasteiger charge is -2.23. The van der Waals surface area contributed by atoms with Crippen molar-refractivity contribution >= 4 is 27.5 Å². The summed E-state index contributed by atoms with van der Waals surface area (Å²) in [4.78, 5) is 0.620. The summed E-state index contributed by atoms with van der Waals surface area (Å²) in [5.41, 5.74) is 1.35. The van der Waals surface area contributed by atoms with Crippen molar-refractivity contribution in [2.75, 3.05) is 0 Å². The van der Waals surface area contributed by atoms with Gasteiger partial charge < -0.3 is 0 Å². The molecule has 1 aliphatic carbocycles. The van der Waals surface area contributed by atoms with Crippen LogP contribution < -0.4 is 0 Å². The van der Waals surface area contributed by atoms with Gasteiger partial charge in [0.1, 0.15) is 5.82 Å². The number of benzene rings is 1. The van der Waals surface area contributed by atoms with Crippen LogP contribution in [0.1, 0.15) is 31.7 Å². The molecule has 1 fully saturated rings. The molecule has 0 radical (unpaired) electrons. The number of hydrogen-bond donors (Lipinski definition) is 0. The molecule has 1 aliphatic rings. The highest BCUT2D eigenvalue weighted by Gasteiger charge is 2.33. The summed E-state index contributed by atoms with van der Waals surface area (Å²) in [6.07, 6.45) is 4.51. The Hall–Kier alpha value is -0.0800. The third kappa shape index (κ3) is 2.78. The highest BCUT2D eigenvalue weighted by Crippen LogP contribution is 2.43. The Morgan fingerprint density at radius 1 is 1.56 bits per heavy atom. The van der Waals surface area contributed by atoms with Crippen molar-refractivity contribution in [2.45, 2.75) is 37.4 Å². The molecule has 3 heteroatoms. The molecule has 1 aromatic carbocycles. The molecule has 0 spiro atoms. The van der Waals surface area contributed by atoms with E-state index in [0.29, 0.717) is 10.2 Å². The first kappa shape index (κ1) is 12.4. The third-order valence-electron chi connectivity index (χ3n) is 3.39. The maximum Gasteiger partial charge on any atom is 0.142 e. The van der Waals surface area contributed by atoms with Gasteiger partial charge in [-0.3, -0.25) is 0 Å². The molecule has 0 aromatic heterocycles. The van der Waals surface area contributed by atoms with Gasteiger partial charge in [0, 0.05) is 4.83 Å². The molecule has 0 N–H and O–H groups in total. The quantitative estimate of drug-likeness (QED) is 0.676. The molecule has 1 saturated carbocycles. The lowest BCUT2D eigenvalue weighted by molar-refractivity contribution is 0.335. The van der Waals surface area contributed by atoms with Crippen LogP contribution in [0.15, 0.2) is 18.2 Å². The number of halogens is 3. The standard InChI is InChI=1S/C13H15BrClF/c1-13(5-4-10(14)8-13)7-9-2-3-11(15)12(16)6-9/h2-3,6,10H,4-5,7-8H2,1H3. The topological polar surface area (TPSA) is 0 Å².